The molecule has 31 heavy (non-hydrogen) atoms. The summed E-state index contributed by atoms with van der Waals surface area (Å²) < 4.78 is 38.5. The molecule has 7 nitrogen and oxygen atoms in total. The average molecular weight is 444 g/mol. The first-order valence-corrected chi connectivity index (χ1v) is 11.5. The molecule has 1 unspecified atom stereocenters. The van der Waals surface area contributed by atoms with Gasteiger partial charge in [0.25, 0.3) is 0 Å². The molecule has 1 atom stereocenters. The molecule has 8 heteroatoms. The van der Waals surface area contributed by atoms with Gasteiger partial charge in [0.05, 0.1) is 4.90 Å². The zero-order valence-electron chi connectivity index (χ0n) is 17.9. The number of hydrogen-bond donors (Lipinski definition) is 1. The summed E-state index contributed by atoms with van der Waals surface area (Å²) in [5.74, 6) is -0.531. The molecule has 3 aromatic rings. The number of fused-ring (bicyclic) bond motifs is 1. The molecule has 0 aliphatic heterocycles. The van der Waals surface area contributed by atoms with Crippen molar-refractivity contribution in [2.75, 3.05) is 0 Å². The Morgan fingerprint density at radius 1 is 1.10 bits per heavy atom. The molecular weight excluding hydrogens is 418 g/mol. The highest BCUT2D eigenvalue weighted by Gasteiger charge is 2.26. The van der Waals surface area contributed by atoms with Crippen molar-refractivity contribution in [3.05, 3.63) is 69.6 Å². The van der Waals surface area contributed by atoms with Crippen molar-refractivity contribution in [3.63, 3.8) is 0 Å². The SMILES string of the molecule is CCc1cc(=O)oc2c(C)c(OC(=O)C(CC)NS(=O)(=O)c3ccc(C)cc3)ccc12. The lowest BCUT2D eigenvalue weighted by molar-refractivity contribution is -0.136. The van der Waals surface area contributed by atoms with Crippen LogP contribution in [0.3, 0.4) is 0 Å². The molecule has 0 radical (unpaired) electrons. The molecule has 0 saturated heterocycles. The van der Waals surface area contributed by atoms with Gasteiger partial charge in [0.2, 0.25) is 10.0 Å². The van der Waals surface area contributed by atoms with Crippen LogP contribution in [-0.2, 0) is 21.2 Å². The molecule has 0 bridgehead atoms. The number of benzene rings is 2. The van der Waals surface area contributed by atoms with Gasteiger partial charge in [-0.05, 0) is 56.5 Å². The van der Waals surface area contributed by atoms with Gasteiger partial charge in [-0.1, -0.05) is 31.5 Å². The molecule has 0 amide bonds. The summed E-state index contributed by atoms with van der Waals surface area (Å²) in [6, 6.07) is 10.1. The summed E-state index contributed by atoms with van der Waals surface area (Å²) in [7, 11) is -3.90. The molecule has 1 heterocycles. The van der Waals surface area contributed by atoms with E-state index in [-0.39, 0.29) is 17.1 Å². The maximum atomic E-state index is 12.7. The Morgan fingerprint density at radius 3 is 2.39 bits per heavy atom. The van der Waals surface area contributed by atoms with Crippen molar-refractivity contribution in [1.82, 2.24) is 4.72 Å². The van der Waals surface area contributed by atoms with Crippen LogP contribution in [0.4, 0.5) is 0 Å². The third-order valence-electron chi connectivity index (χ3n) is 5.11. The fourth-order valence-electron chi connectivity index (χ4n) is 3.26. The second-order valence-electron chi connectivity index (χ2n) is 7.33. The molecule has 164 valence electrons. The number of carbonyl (C=O) groups excluding carboxylic acids is 1. The number of nitrogens with one attached hydrogen (secondary N) is 1. The maximum absolute atomic E-state index is 12.7. The van der Waals surface area contributed by atoms with Gasteiger partial charge in [-0.25, -0.2) is 18.0 Å². The van der Waals surface area contributed by atoms with Crippen LogP contribution in [0.25, 0.3) is 11.0 Å². The van der Waals surface area contributed by atoms with Crippen LogP contribution in [-0.4, -0.2) is 20.4 Å². The van der Waals surface area contributed by atoms with Crippen molar-refractivity contribution >= 4 is 27.0 Å². The van der Waals surface area contributed by atoms with Gasteiger partial charge < -0.3 is 9.15 Å². The molecule has 3 rings (SSSR count). The number of sulfonamides is 1. The molecule has 0 fully saturated rings. The Labute approximate surface area is 181 Å². The van der Waals surface area contributed by atoms with E-state index >= 15 is 0 Å². The van der Waals surface area contributed by atoms with E-state index in [4.69, 9.17) is 9.15 Å². The summed E-state index contributed by atoms with van der Waals surface area (Å²) in [5.41, 5.74) is 2.13. The predicted molar refractivity (Wildman–Crippen MR) is 118 cm³/mol. The van der Waals surface area contributed by atoms with E-state index in [1.165, 1.54) is 18.2 Å². The van der Waals surface area contributed by atoms with Gasteiger partial charge in [0.15, 0.2) is 0 Å². The second kappa shape index (κ2) is 9.03. The normalized spacial score (nSPS) is 12.6. The van der Waals surface area contributed by atoms with Crippen molar-refractivity contribution in [2.24, 2.45) is 0 Å². The summed E-state index contributed by atoms with van der Waals surface area (Å²) in [4.78, 5) is 24.7. The Bertz CT molecular complexity index is 1280. The number of hydrogen-bond acceptors (Lipinski definition) is 6. The minimum absolute atomic E-state index is 0.0695. The summed E-state index contributed by atoms with van der Waals surface area (Å²) in [6.45, 7) is 7.16. The predicted octanol–water partition coefficient (Wildman–Crippen LogP) is 3.63. The zero-order chi connectivity index (χ0) is 22.8. The smallest absolute Gasteiger partial charge is 0.336 e. The first kappa shape index (κ1) is 22.7. The third kappa shape index (κ3) is 4.86. The lowest BCUT2D eigenvalue weighted by Crippen LogP contribution is -2.42. The van der Waals surface area contributed by atoms with Gasteiger partial charge >= 0.3 is 11.6 Å². The van der Waals surface area contributed by atoms with Gasteiger partial charge in [0, 0.05) is 17.0 Å². The lowest BCUT2D eigenvalue weighted by Gasteiger charge is -2.17. The molecule has 0 saturated carbocycles. The Morgan fingerprint density at radius 2 is 1.77 bits per heavy atom. The molecule has 1 aromatic heterocycles. The highest BCUT2D eigenvalue weighted by atomic mass is 32.2. The molecular formula is C23H25NO6S. The largest absolute Gasteiger partial charge is 0.425 e. The number of rotatable bonds is 7. The van der Waals surface area contributed by atoms with Crippen LogP contribution in [0, 0.1) is 13.8 Å². The summed E-state index contributed by atoms with van der Waals surface area (Å²) in [6.07, 6.45) is 0.852. The summed E-state index contributed by atoms with van der Waals surface area (Å²) in [5, 5.41) is 0.770. The molecule has 0 aliphatic carbocycles. The van der Waals surface area contributed by atoms with Crippen molar-refractivity contribution < 1.29 is 22.4 Å². The number of carbonyl (C=O) groups is 1. The first-order valence-electron chi connectivity index (χ1n) is 10.0. The van der Waals surface area contributed by atoms with Crippen LogP contribution >= 0.6 is 0 Å². The van der Waals surface area contributed by atoms with Gasteiger partial charge in [-0.15, -0.1) is 0 Å². The van der Waals surface area contributed by atoms with E-state index < -0.39 is 27.7 Å². The molecule has 1 N–H and O–H groups in total. The van der Waals surface area contributed by atoms with E-state index in [1.54, 1.807) is 38.1 Å². The highest BCUT2D eigenvalue weighted by Crippen LogP contribution is 2.29. The van der Waals surface area contributed by atoms with E-state index in [0.717, 1.165) is 16.5 Å². The molecule has 2 aromatic carbocycles. The van der Waals surface area contributed by atoms with E-state index in [2.05, 4.69) is 4.72 Å². The third-order valence-corrected chi connectivity index (χ3v) is 6.60. The fourth-order valence-corrected chi connectivity index (χ4v) is 4.53. The average Bonchev–Trinajstić information content (AvgIpc) is 2.74. The zero-order valence-corrected chi connectivity index (χ0v) is 18.7. The molecule has 0 aliphatic rings. The quantitative estimate of drug-likeness (QED) is 0.340. The van der Waals surface area contributed by atoms with E-state index in [9.17, 15) is 18.0 Å². The van der Waals surface area contributed by atoms with Crippen LogP contribution in [0.1, 0.15) is 37.0 Å². The van der Waals surface area contributed by atoms with Crippen molar-refractivity contribution in [3.8, 4) is 5.75 Å². The fraction of sp³-hybridized carbons (Fsp3) is 0.304. The van der Waals surface area contributed by atoms with E-state index in [0.29, 0.717) is 17.6 Å². The topological polar surface area (TPSA) is 103 Å². The Hall–Kier alpha value is -2.97. The van der Waals surface area contributed by atoms with Crippen LogP contribution in [0.5, 0.6) is 5.75 Å². The second-order valence-corrected chi connectivity index (χ2v) is 9.04. The minimum Gasteiger partial charge on any atom is -0.425 e. The number of aryl methyl sites for hydroxylation is 3. The lowest BCUT2D eigenvalue weighted by atomic mass is 10.0. The van der Waals surface area contributed by atoms with Gasteiger partial charge in [-0.2, -0.15) is 4.72 Å². The van der Waals surface area contributed by atoms with Crippen LogP contribution < -0.4 is 15.1 Å². The maximum Gasteiger partial charge on any atom is 0.336 e. The Balaban J connectivity index is 1.87. The molecule has 0 spiro atoms. The van der Waals surface area contributed by atoms with Crippen LogP contribution in [0.2, 0.25) is 0 Å². The minimum atomic E-state index is -3.90. The van der Waals surface area contributed by atoms with Gasteiger partial charge in [0.1, 0.15) is 17.4 Å². The number of esters is 1. The first-order chi connectivity index (χ1) is 14.7. The van der Waals surface area contributed by atoms with E-state index in [1.807, 2.05) is 13.8 Å². The standard InChI is InChI=1S/C23H25NO6S/c1-5-16-13-21(25)30-22-15(4)20(12-11-18(16)22)29-23(26)19(6-2)24-31(27,28)17-9-7-14(3)8-10-17/h7-13,19,24H,5-6H2,1-4H3. The monoisotopic (exact) mass is 443 g/mol. The Kier molecular flexibility index (Phi) is 6.62. The van der Waals surface area contributed by atoms with Crippen LogP contribution in [0.15, 0.2) is 56.6 Å². The van der Waals surface area contributed by atoms with Crippen molar-refractivity contribution in [2.45, 2.75) is 51.5 Å². The number of ether oxygens (including phenoxy) is 1. The highest BCUT2D eigenvalue weighted by molar-refractivity contribution is 7.89. The van der Waals surface area contributed by atoms with Crippen molar-refractivity contribution in [1.29, 1.82) is 0 Å². The van der Waals surface area contributed by atoms with Gasteiger partial charge in [-0.3, -0.25) is 0 Å². The summed E-state index contributed by atoms with van der Waals surface area (Å²) >= 11 is 0.